The number of thiazole rings is 1. The minimum atomic E-state index is -0.0107. The Bertz CT molecular complexity index is 308. The maximum atomic E-state index is 5.56. The Kier molecular flexibility index (Phi) is 4.91. The lowest BCUT2D eigenvalue weighted by atomic mass is 9.91. The minimum Gasteiger partial charge on any atom is -0.383 e. The van der Waals surface area contributed by atoms with Crippen molar-refractivity contribution in [3.8, 4) is 0 Å². The molecule has 1 N–H and O–H groups in total. The molecule has 0 amide bonds. The Morgan fingerprint density at radius 3 is 3.24 bits per heavy atom. The topological polar surface area (TPSA) is 43.4 Å². The van der Waals surface area contributed by atoms with Crippen LogP contribution in [0.4, 0.5) is 0 Å². The van der Waals surface area contributed by atoms with E-state index in [9.17, 15) is 0 Å². The largest absolute Gasteiger partial charge is 0.383 e. The Hall–Kier alpha value is -0.490. The molecule has 0 radical (unpaired) electrons. The maximum Gasteiger partial charge on any atom is 0.113 e. The lowest BCUT2D eigenvalue weighted by Crippen LogP contribution is -2.44. The summed E-state index contributed by atoms with van der Waals surface area (Å²) in [6, 6.07) is 0. The summed E-state index contributed by atoms with van der Waals surface area (Å²) in [6.45, 7) is 3.25. The van der Waals surface area contributed by atoms with Crippen molar-refractivity contribution in [3.05, 3.63) is 16.6 Å². The second-order valence-corrected chi connectivity index (χ2v) is 5.20. The third kappa shape index (κ3) is 3.25. The van der Waals surface area contributed by atoms with Gasteiger partial charge in [0.15, 0.2) is 0 Å². The summed E-state index contributed by atoms with van der Waals surface area (Å²) in [6.07, 6.45) is 5.04. The van der Waals surface area contributed by atoms with Gasteiger partial charge in [0.25, 0.3) is 0 Å². The van der Waals surface area contributed by atoms with Crippen molar-refractivity contribution in [2.24, 2.45) is 0 Å². The molecule has 1 atom stereocenters. The highest BCUT2D eigenvalue weighted by Crippen LogP contribution is 2.33. The Morgan fingerprint density at radius 1 is 1.53 bits per heavy atom. The number of hydrogen-bond acceptors (Lipinski definition) is 5. The molecule has 1 aliphatic rings. The number of aromatic nitrogens is 1. The molecule has 5 heteroatoms. The van der Waals surface area contributed by atoms with E-state index in [0.717, 1.165) is 45.6 Å². The second-order valence-electron chi connectivity index (χ2n) is 4.30. The minimum absolute atomic E-state index is 0.0107. The van der Waals surface area contributed by atoms with Gasteiger partial charge in [-0.2, -0.15) is 0 Å². The van der Waals surface area contributed by atoms with E-state index in [2.05, 4.69) is 10.3 Å². The third-order valence-electron chi connectivity index (χ3n) is 3.18. The van der Waals surface area contributed by atoms with Crippen LogP contribution < -0.4 is 5.32 Å². The number of methoxy groups -OCH3 is 1. The van der Waals surface area contributed by atoms with Crippen molar-refractivity contribution in [2.75, 3.05) is 33.5 Å². The molecule has 2 heterocycles. The van der Waals surface area contributed by atoms with Crippen molar-refractivity contribution >= 4 is 11.3 Å². The average molecular weight is 256 g/mol. The molecule has 1 saturated heterocycles. The van der Waals surface area contributed by atoms with Crippen LogP contribution in [-0.4, -0.2) is 38.5 Å². The number of nitrogens with zero attached hydrogens (tertiary/aromatic N) is 1. The van der Waals surface area contributed by atoms with Crippen LogP contribution in [-0.2, 0) is 15.0 Å². The summed E-state index contributed by atoms with van der Waals surface area (Å²) in [4.78, 5) is 4.49. The highest BCUT2D eigenvalue weighted by Gasteiger charge is 2.34. The van der Waals surface area contributed by atoms with E-state index in [1.54, 1.807) is 18.4 Å². The van der Waals surface area contributed by atoms with E-state index in [1.807, 2.05) is 11.6 Å². The van der Waals surface area contributed by atoms with E-state index in [-0.39, 0.29) is 5.54 Å². The molecule has 1 aliphatic heterocycles. The molecule has 1 aromatic heterocycles. The standard InChI is InChI=1S/C12H20N2O2S/c1-15-9-5-14-12(11-13-6-10-17-11)3-2-7-16-8-4-12/h6,10,14H,2-5,7-9H2,1H3. The fraction of sp³-hybridized carbons (Fsp3) is 0.750. The van der Waals surface area contributed by atoms with Crippen LogP contribution in [0.15, 0.2) is 11.6 Å². The summed E-state index contributed by atoms with van der Waals surface area (Å²) in [5, 5.41) is 6.84. The number of nitrogens with one attached hydrogen (secondary N) is 1. The summed E-state index contributed by atoms with van der Waals surface area (Å²) in [7, 11) is 1.73. The van der Waals surface area contributed by atoms with Gasteiger partial charge in [0.1, 0.15) is 5.01 Å². The van der Waals surface area contributed by atoms with Crippen LogP contribution >= 0.6 is 11.3 Å². The third-order valence-corrected chi connectivity index (χ3v) is 4.15. The van der Waals surface area contributed by atoms with E-state index < -0.39 is 0 Å². The lowest BCUT2D eigenvalue weighted by Gasteiger charge is -2.31. The first-order chi connectivity index (χ1) is 8.37. The molecular weight excluding hydrogens is 236 g/mol. The average Bonchev–Trinajstić information content (AvgIpc) is 2.78. The Balaban J connectivity index is 2.09. The maximum absolute atomic E-state index is 5.56. The predicted octanol–water partition coefficient (Wildman–Crippen LogP) is 1.77. The molecule has 1 fully saturated rings. The fourth-order valence-electron chi connectivity index (χ4n) is 2.27. The molecule has 1 unspecified atom stereocenters. The summed E-state index contributed by atoms with van der Waals surface area (Å²) >= 11 is 1.73. The van der Waals surface area contributed by atoms with Gasteiger partial charge < -0.3 is 14.8 Å². The molecule has 1 aromatic rings. The van der Waals surface area contributed by atoms with Gasteiger partial charge in [-0.1, -0.05) is 0 Å². The molecule has 0 spiro atoms. The van der Waals surface area contributed by atoms with Gasteiger partial charge in [-0.05, 0) is 19.3 Å². The zero-order valence-corrected chi connectivity index (χ0v) is 11.1. The monoisotopic (exact) mass is 256 g/mol. The normalized spacial score (nSPS) is 25.7. The van der Waals surface area contributed by atoms with E-state index >= 15 is 0 Å². The van der Waals surface area contributed by atoms with Crippen LogP contribution in [0.5, 0.6) is 0 Å². The van der Waals surface area contributed by atoms with E-state index in [1.165, 1.54) is 5.01 Å². The summed E-state index contributed by atoms with van der Waals surface area (Å²) in [5.74, 6) is 0. The molecule has 0 bridgehead atoms. The molecule has 2 rings (SSSR count). The molecule has 0 aromatic carbocycles. The molecular formula is C12H20N2O2S. The lowest BCUT2D eigenvalue weighted by molar-refractivity contribution is 0.133. The fourth-order valence-corrected chi connectivity index (χ4v) is 3.14. The number of ether oxygens (including phenoxy) is 2. The molecule has 17 heavy (non-hydrogen) atoms. The van der Waals surface area contributed by atoms with Gasteiger partial charge in [-0.3, -0.25) is 0 Å². The van der Waals surface area contributed by atoms with Crippen LogP contribution in [0.1, 0.15) is 24.3 Å². The van der Waals surface area contributed by atoms with Crippen molar-refractivity contribution in [2.45, 2.75) is 24.8 Å². The van der Waals surface area contributed by atoms with E-state index in [0.29, 0.717) is 0 Å². The van der Waals surface area contributed by atoms with E-state index in [4.69, 9.17) is 9.47 Å². The van der Waals surface area contributed by atoms with Gasteiger partial charge in [-0.15, -0.1) is 11.3 Å². The SMILES string of the molecule is COCCNC1(c2nccs2)CCCOCC1. The highest BCUT2D eigenvalue weighted by molar-refractivity contribution is 7.09. The van der Waals surface area contributed by atoms with Gasteiger partial charge in [-0.25, -0.2) is 4.98 Å². The highest BCUT2D eigenvalue weighted by atomic mass is 32.1. The van der Waals surface area contributed by atoms with Crippen molar-refractivity contribution in [1.82, 2.24) is 10.3 Å². The number of hydrogen-bond donors (Lipinski definition) is 1. The summed E-state index contributed by atoms with van der Waals surface area (Å²) < 4.78 is 10.7. The van der Waals surface area contributed by atoms with Crippen LogP contribution in [0.2, 0.25) is 0 Å². The number of rotatable bonds is 5. The molecule has 0 saturated carbocycles. The van der Waals surface area contributed by atoms with Gasteiger partial charge in [0, 0.05) is 38.4 Å². The van der Waals surface area contributed by atoms with Crippen molar-refractivity contribution in [3.63, 3.8) is 0 Å². The first kappa shape index (κ1) is 13.0. The van der Waals surface area contributed by atoms with Gasteiger partial charge in [0.05, 0.1) is 12.1 Å². The quantitative estimate of drug-likeness (QED) is 0.816. The van der Waals surface area contributed by atoms with Crippen molar-refractivity contribution in [1.29, 1.82) is 0 Å². The van der Waals surface area contributed by atoms with Crippen LogP contribution in [0, 0.1) is 0 Å². The summed E-state index contributed by atoms with van der Waals surface area (Å²) in [5.41, 5.74) is -0.0107. The Morgan fingerprint density at radius 2 is 2.47 bits per heavy atom. The van der Waals surface area contributed by atoms with Gasteiger partial charge >= 0.3 is 0 Å². The van der Waals surface area contributed by atoms with Crippen LogP contribution in [0.3, 0.4) is 0 Å². The molecule has 96 valence electrons. The first-order valence-corrected chi connectivity index (χ1v) is 6.97. The molecule has 0 aliphatic carbocycles. The zero-order chi connectivity index (χ0) is 12.0. The molecule has 4 nitrogen and oxygen atoms in total. The van der Waals surface area contributed by atoms with Crippen LogP contribution in [0.25, 0.3) is 0 Å². The second kappa shape index (κ2) is 6.44. The predicted molar refractivity (Wildman–Crippen MR) is 68.3 cm³/mol. The van der Waals surface area contributed by atoms with Crippen molar-refractivity contribution < 1.29 is 9.47 Å². The Labute approximate surface area is 106 Å². The zero-order valence-electron chi connectivity index (χ0n) is 10.3. The smallest absolute Gasteiger partial charge is 0.113 e. The first-order valence-electron chi connectivity index (χ1n) is 6.09. The van der Waals surface area contributed by atoms with Gasteiger partial charge in [0.2, 0.25) is 0 Å².